The van der Waals surface area contributed by atoms with Gasteiger partial charge in [0.15, 0.2) is 0 Å². The van der Waals surface area contributed by atoms with Gasteiger partial charge in [-0.3, -0.25) is 4.79 Å². The minimum absolute atomic E-state index is 0.125. The highest BCUT2D eigenvalue weighted by molar-refractivity contribution is 6.02. The summed E-state index contributed by atoms with van der Waals surface area (Å²) in [5.41, 5.74) is 4.24. The number of hydrogen-bond donors (Lipinski definition) is 1. The fraction of sp³-hybridized carbons (Fsp3) is 0.391. The second-order valence-corrected chi connectivity index (χ2v) is 7.20. The van der Waals surface area contributed by atoms with E-state index in [1.165, 1.54) is 0 Å². The number of nitrogens with one attached hydrogen (secondary N) is 1. The molecule has 0 bridgehead atoms. The first-order chi connectivity index (χ1) is 13.5. The summed E-state index contributed by atoms with van der Waals surface area (Å²) in [5, 5.41) is 12.6. The monoisotopic (exact) mass is 377 g/mol. The molecule has 3 rings (SSSR count). The Morgan fingerprint density at radius 2 is 2.18 bits per heavy atom. The third-order valence-electron chi connectivity index (χ3n) is 5.28. The number of fused-ring (bicyclic) bond motifs is 1. The summed E-state index contributed by atoms with van der Waals surface area (Å²) in [6.07, 6.45) is 4.62. The van der Waals surface area contributed by atoms with Crippen molar-refractivity contribution in [3.8, 4) is 11.8 Å². The highest BCUT2D eigenvalue weighted by Crippen LogP contribution is 2.31. The van der Waals surface area contributed by atoms with Crippen molar-refractivity contribution in [2.75, 3.05) is 6.61 Å². The topological polar surface area (TPSA) is 67.0 Å². The van der Waals surface area contributed by atoms with Gasteiger partial charge in [0.05, 0.1) is 12.6 Å². The molecule has 1 aromatic carbocycles. The number of rotatable bonds is 6. The lowest BCUT2D eigenvalue weighted by Gasteiger charge is -2.26. The maximum absolute atomic E-state index is 12.8. The van der Waals surface area contributed by atoms with Gasteiger partial charge in [-0.05, 0) is 44.0 Å². The molecule has 0 spiro atoms. The number of benzene rings is 1. The number of nitrogens with zero attached hydrogens (tertiary/aromatic N) is 2. The predicted octanol–water partition coefficient (Wildman–Crippen LogP) is 4.45. The largest absolute Gasteiger partial charge is 0.493 e. The molecular formula is C23H27N3O2. The van der Waals surface area contributed by atoms with E-state index >= 15 is 0 Å². The van der Waals surface area contributed by atoms with Gasteiger partial charge < -0.3 is 14.6 Å². The molecule has 2 heterocycles. The van der Waals surface area contributed by atoms with Crippen molar-refractivity contribution in [3.05, 3.63) is 58.4 Å². The van der Waals surface area contributed by atoms with E-state index in [4.69, 9.17) is 4.74 Å². The molecule has 1 amide bonds. The lowest BCUT2D eigenvalue weighted by Crippen LogP contribution is -2.32. The van der Waals surface area contributed by atoms with Crippen LogP contribution in [0.25, 0.3) is 6.08 Å². The molecule has 2 aromatic rings. The van der Waals surface area contributed by atoms with E-state index in [1.807, 2.05) is 37.3 Å². The first-order valence-corrected chi connectivity index (χ1v) is 9.86. The van der Waals surface area contributed by atoms with Crippen LogP contribution in [0.4, 0.5) is 0 Å². The molecule has 1 aliphatic rings. The number of carbonyl (C=O) groups is 1. The van der Waals surface area contributed by atoms with Crippen LogP contribution in [0.2, 0.25) is 0 Å². The van der Waals surface area contributed by atoms with Crippen molar-refractivity contribution in [1.29, 1.82) is 5.26 Å². The smallest absolute Gasteiger partial charge is 0.262 e. The number of unbranched alkanes of at least 4 members (excludes halogenated alkanes) is 1. The number of carbonyl (C=O) groups excluding carboxylic acids is 1. The quantitative estimate of drug-likeness (QED) is 0.597. The predicted molar refractivity (Wildman–Crippen MR) is 110 cm³/mol. The zero-order valence-corrected chi connectivity index (χ0v) is 16.8. The summed E-state index contributed by atoms with van der Waals surface area (Å²) >= 11 is 0. The van der Waals surface area contributed by atoms with E-state index in [2.05, 4.69) is 29.8 Å². The van der Waals surface area contributed by atoms with Gasteiger partial charge in [0.25, 0.3) is 5.91 Å². The molecule has 1 atom stereocenters. The fourth-order valence-electron chi connectivity index (χ4n) is 3.67. The van der Waals surface area contributed by atoms with Crippen molar-refractivity contribution >= 4 is 12.0 Å². The molecule has 0 radical (unpaired) electrons. The number of hydrogen-bond acceptors (Lipinski definition) is 3. The second-order valence-electron chi connectivity index (χ2n) is 7.20. The minimum Gasteiger partial charge on any atom is -0.493 e. The van der Waals surface area contributed by atoms with Crippen LogP contribution in [0.1, 0.15) is 54.7 Å². The van der Waals surface area contributed by atoms with E-state index in [9.17, 15) is 10.1 Å². The van der Waals surface area contributed by atoms with Crippen LogP contribution in [0, 0.1) is 25.2 Å². The fourth-order valence-corrected chi connectivity index (χ4v) is 3.67. The van der Waals surface area contributed by atoms with E-state index in [0.29, 0.717) is 13.0 Å². The Morgan fingerprint density at radius 1 is 1.39 bits per heavy atom. The van der Waals surface area contributed by atoms with Crippen LogP contribution in [-0.2, 0) is 11.3 Å². The number of para-hydroxylation sites is 1. The van der Waals surface area contributed by atoms with Crippen LogP contribution in [0.5, 0.6) is 5.75 Å². The zero-order valence-electron chi connectivity index (χ0n) is 16.8. The second kappa shape index (κ2) is 8.79. The van der Waals surface area contributed by atoms with Crippen molar-refractivity contribution < 1.29 is 9.53 Å². The first-order valence-electron chi connectivity index (χ1n) is 9.86. The van der Waals surface area contributed by atoms with Crippen molar-refractivity contribution in [3.63, 3.8) is 0 Å². The summed E-state index contributed by atoms with van der Waals surface area (Å²) in [4.78, 5) is 12.8. The van der Waals surface area contributed by atoms with Gasteiger partial charge in [-0.15, -0.1) is 0 Å². The van der Waals surface area contributed by atoms with E-state index in [1.54, 1.807) is 6.08 Å². The average molecular weight is 377 g/mol. The van der Waals surface area contributed by atoms with E-state index in [0.717, 1.165) is 47.7 Å². The minimum atomic E-state index is -0.345. The maximum atomic E-state index is 12.8. The summed E-state index contributed by atoms with van der Waals surface area (Å²) in [6.45, 7) is 7.77. The normalized spacial score (nSPS) is 16.1. The molecular weight excluding hydrogens is 350 g/mol. The van der Waals surface area contributed by atoms with Crippen molar-refractivity contribution in [2.45, 2.75) is 52.6 Å². The summed E-state index contributed by atoms with van der Waals surface area (Å²) in [6, 6.07) is 11.7. The standard InChI is InChI=1S/C23H27N3O2/c1-4-5-11-26-16(2)13-18(17(26)3)14-19(15-24)23(27)25-21-10-12-28-22-9-7-6-8-20(21)22/h6-9,13-14,21H,4-5,10-12H2,1-3H3,(H,25,27)/b19-14+/t21-/m0/s1. The number of nitriles is 1. The zero-order chi connectivity index (χ0) is 20.1. The van der Waals surface area contributed by atoms with E-state index < -0.39 is 0 Å². The average Bonchev–Trinajstić information content (AvgIpc) is 2.97. The van der Waals surface area contributed by atoms with Crippen molar-refractivity contribution in [1.82, 2.24) is 9.88 Å². The van der Waals surface area contributed by atoms with Gasteiger partial charge in [0.1, 0.15) is 17.4 Å². The third-order valence-corrected chi connectivity index (χ3v) is 5.28. The molecule has 1 N–H and O–H groups in total. The molecule has 1 aromatic heterocycles. The van der Waals surface area contributed by atoms with Crippen LogP contribution < -0.4 is 10.1 Å². The van der Waals surface area contributed by atoms with Crippen LogP contribution in [0.15, 0.2) is 35.9 Å². The van der Waals surface area contributed by atoms with Gasteiger partial charge in [0.2, 0.25) is 0 Å². The number of amides is 1. The highest BCUT2D eigenvalue weighted by Gasteiger charge is 2.24. The third kappa shape index (κ3) is 4.12. The lowest BCUT2D eigenvalue weighted by atomic mass is 10.00. The number of ether oxygens (including phenoxy) is 1. The first kappa shape index (κ1) is 19.8. The molecule has 5 heteroatoms. The SMILES string of the molecule is CCCCn1c(C)cc(/C=C(\C#N)C(=O)N[C@H]2CCOc3ccccc32)c1C. The summed E-state index contributed by atoms with van der Waals surface area (Å²) in [5.74, 6) is 0.448. The van der Waals surface area contributed by atoms with Gasteiger partial charge >= 0.3 is 0 Å². The van der Waals surface area contributed by atoms with E-state index in [-0.39, 0.29) is 17.5 Å². The maximum Gasteiger partial charge on any atom is 0.262 e. The Hall–Kier alpha value is -3.00. The van der Waals surface area contributed by atoms with Crippen LogP contribution in [0.3, 0.4) is 0 Å². The Morgan fingerprint density at radius 3 is 2.93 bits per heavy atom. The summed E-state index contributed by atoms with van der Waals surface area (Å²) in [7, 11) is 0. The summed E-state index contributed by atoms with van der Waals surface area (Å²) < 4.78 is 7.89. The lowest BCUT2D eigenvalue weighted by molar-refractivity contribution is -0.117. The molecule has 0 saturated heterocycles. The Balaban J connectivity index is 1.81. The Kier molecular flexibility index (Phi) is 6.20. The Bertz CT molecular complexity index is 934. The molecule has 0 aliphatic carbocycles. The van der Waals surface area contributed by atoms with Gasteiger partial charge in [-0.2, -0.15) is 5.26 Å². The molecule has 146 valence electrons. The number of aromatic nitrogens is 1. The molecule has 28 heavy (non-hydrogen) atoms. The molecule has 5 nitrogen and oxygen atoms in total. The number of aryl methyl sites for hydroxylation is 1. The molecule has 0 saturated carbocycles. The van der Waals surface area contributed by atoms with Crippen LogP contribution in [-0.4, -0.2) is 17.1 Å². The van der Waals surface area contributed by atoms with Crippen molar-refractivity contribution in [2.24, 2.45) is 0 Å². The molecule has 1 aliphatic heterocycles. The Labute approximate surface area is 166 Å². The van der Waals surface area contributed by atoms with Gasteiger partial charge in [-0.1, -0.05) is 31.5 Å². The van der Waals surface area contributed by atoms with Gasteiger partial charge in [-0.25, -0.2) is 0 Å². The molecule has 0 fully saturated rings. The van der Waals surface area contributed by atoms with Crippen LogP contribution >= 0.6 is 0 Å². The van der Waals surface area contributed by atoms with Gasteiger partial charge in [0, 0.05) is 29.9 Å². The molecule has 0 unspecified atom stereocenters. The highest BCUT2D eigenvalue weighted by atomic mass is 16.5.